The fourth-order valence-corrected chi connectivity index (χ4v) is 3.41. The van der Waals surface area contributed by atoms with E-state index in [4.69, 9.17) is 4.74 Å². The Morgan fingerprint density at radius 1 is 1.28 bits per heavy atom. The molecule has 0 aliphatic carbocycles. The summed E-state index contributed by atoms with van der Waals surface area (Å²) in [5.41, 5.74) is 1.38. The molecule has 7 heteroatoms. The van der Waals surface area contributed by atoms with Crippen molar-refractivity contribution in [2.45, 2.75) is 52.3 Å². The Morgan fingerprint density at radius 2 is 1.96 bits per heavy atom. The van der Waals surface area contributed by atoms with Crippen molar-refractivity contribution in [1.29, 1.82) is 0 Å². The zero-order valence-corrected chi connectivity index (χ0v) is 15.6. The highest BCUT2D eigenvalue weighted by Gasteiger charge is 2.36. The molecule has 0 aromatic carbocycles. The number of nitrogens with zero attached hydrogens (tertiary/aromatic N) is 4. The molecule has 0 spiro atoms. The first-order valence-corrected chi connectivity index (χ1v) is 8.78. The van der Waals surface area contributed by atoms with E-state index in [1.165, 1.54) is 0 Å². The number of aliphatic imine (C=N–C) groups is 1. The maximum Gasteiger partial charge on any atom is 0.410 e. The molecule has 2 aliphatic heterocycles. The predicted molar refractivity (Wildman–Crippen MR) is 100 cm³/mol. The molecule has 0 unspecified atom stereocenters. The van der Waals surface area contributed by atoms with Gasteiger partial charge in [-0.15, -0.1) is 0 Å². The molecule has 0 radical (unpaired) electrons. The van der Waals surface area contributed by atoms with Crippen LogP contribution in [-0.4, -0.2) is 59.5 Å². The number of carbonyl (C=O) groups excluding carboxylic acids is 1. The molecule has 1 fully saturated rings. The molecule has 0 saturated carbocycles. The second-order valence-electron chi connectivity index (χ2n) is 7.71. The van der Waals surface area contributed by atoms with Crippen molar-refractivity contribution in [3.63, 3.8) is 0 Å². The van der Waals surface area contributed by atoms with Gasteiger partial charge in [-0.3, -0.25) is 9.89 Å². The van der Waals surface area contributed by atoms with Crippen LogP contribution < -0.4 is 10.2 Å². The van der Waals surface area contributed by atoms with E-state index in [1.807, 2.05) is 51.8 Å². The molecule has 1 saturated heterocycles. The number of nitrogens with one attached hydrogen (secondary N) is 1. The average Bonchev–Trinajstić information content (AvgIpc) is 2.52. The van der Waals surface area contributed by atoms with Crippen molar-refractivity contribution in [3.05, 3.63) is 12.3 Å². The molecule has 7 nitrogen and oxygen atoms in total. The molecular formula is C18H27N5O2. The van der Waals surface area contributed by atoms with Crippen LogP contribution in [0.3, 0.4) is 0 Å². The van der Waals surface area contributed by atoms with E-state index in [9.17, 15) is 4.79 Å². The second kappa shape index (κ2) is 6.54. The predicted octanol–water partition coefficient (Wildman–Crippen LogP) is 3.04. The second-order valence-corrected chi connectivity index (χ2v) is 7.71. The van der Waals surface area contributed by atoms with Crippen molar-refractivity contribution in [2.75, 3.05) is 29.9 Å². The quantitative estimate of drug-likeness (QED) is 0.847. The minimum atomic E-state index is -0.492. The number of amides is 1. The number of carbonyl (C=O) groups is 1. The van der Waals surface area contributed by atoms with Crippen LogP contribution >= 0.6 is 0 Å². The summed E-state index contributed by atoms with van der Waals surface area (Å²) >= 11 is 0. The zero-order valence-electron chi connectivity index (χ0n) is 15.6. The number of rotatable bonds is 1. The molecule has 1 aromatic rings. The molecule has 1 aromatic heterocycles. The fraction of sp³-hybridized carbons (Fsp3) is 0.611. The highest BCUT2D eigenvalue weighted by atomic mass is 16.6. The lowest BCUT2D eigenvalue weighted by Crippen LogP contribution is -2.59. The fourth-order valence-electron chi connectivity index (χ4n) is 3.41. The van der Waals surface area contributed by atoms with E-state index in [0.29, 0.717) is 13.1 Å². The van der Waals surface area contributed by atoms with Crippen LogP contribution in [0, 0.1) is 0 Å². The lowest BCUT2D eigenvalue weighted by Gasteiger charge is -2.45. The van der Waals surface area contributed by atoms with E-state index >= 15 is 0 Å². The first-order chi connectivity index (χ1) is 11.8. The highest BCUT2D eigenvalue weighted by Crippen LogP contribution is 2.36. The van der Waals surface area contributed by atoms with E-state index in [2.05, 4.69) is 20.2 Å². The third-order valence-corrected chi connectivity index (χ3v) is 4.33. The number of fused-ring (bicyclic) bond motifs is 1. The third-order valence-electron chi connectivity index (χ3n) is 4.33. The summed E-state index contributed by atoms with van der Waals surface area (Å²) in [6, 6.07) is 1.99. The van der Waals surface area contributed by atoms with Gasteiger partial charge in [-0.1, -0.05) is 0 Å². The van der Waals surface area contributed by atoms with Gasteiger partial charge in [0, 0.05) is 25.5 Å². The van der Waals surface area contributed by atoms with Gasteiger partial charge in [0.15, 0.2) is 5.82 Å². The number of hydrogen-bond donors (Lipinski definition) is 1. The normalized spacial score (nSPS) is 23.1. The molecule has 136 valence electrons. The number of piperazine rings is 1. The summed E-state index contributed by atoms with van der Waals surface area (Å²) in [6.45, 7) is 11.9. The van der Waals surface area contributed by atoms with Crippen molar-refractivity contribution in [1.82, 2.24) is 9.88 Å². The molecule has 1 N–H and O–H groups in total. The van der Waals surface area contributed by atoms with Crippen LogP contribution in [0.1, 0.15) is 34.6 Å². The number of pyridine rings is 1. The summed E-state index contributed by atoms with van der Waals surface area (Å²) in [4.78, 5) is 25.7. The Hall–Kier alpha value is -2.31. The van der Waals surface area contributed by atoms with Crippen LogP contribution in [0.25, 0.3) is 0 Å². The molecular weight excluding hydrogens is 318 g/mol. The Balaban J connectivity index is 1.79. The Labute approximate surface area is 149 Å². The van der Waals surface area contributed by atoms with Crippen LogP contribution in [0.2, 0.25) is 0 Å². The Kier molecular flexibility index (Phi) is 4.58. The Bertz CT molecular complexity index is 671. The minimum absolute atomic E-state index is 0.0248. The summed E-state index contributed by atoms with van der Waals surface area (Å²) in [6.07, 6.45) is 3.41. The maximum atomic E-state index is 12.5. The zero-order chi connectivity index (χ0) is 18.2. The van der Waals surface area contributed by atoms with Gasteiger partial charge in [-0.05, 0) is 40.7 Å². The average molecular weight is 345 g/mol. The molecule has 2 atom stereocenters. The van der Waals surface area contributed by atoms with E-state index in [1.54, 1.807) is 6.20 Å². The van der Waals surface area contributed by atoms with Gasteiger partial charge in [0.05, 0.1) is 24.3 Å². The standard InChI is InChI=1S/C18H27N5O2/c1-12-10-22(11-13(2)23(12)17(24)25-18(3,4)5)16-15-14(6-7-21-16)19-8-9-20-15/h6-7,9,12-13,19H,8,10-11H2,1-5H3/t12-,13+. The number of anilines is 2. The van der Waals surface area contributed by atoms with Gasteiger partial charge in [-0.2, -0.15) is 0 Å². The van der Waals surface area contributed by atoms with Gasteiger partial charge in [0.25, 0.3) is 0 Å². The summed E-state index contributed by atoms with van der Waals surface area (Å²) < 4.78 is 5.57. The number of ether oxygens (including phenoxy) is 1. The lowest BCUT2D eigenvalue weighted by molar-refractivity contribution is 0.00562. The minimum Gasteiger partial charge on any atom is -0.444 e. The van der Waals surface area contributed by atoms with Crippen molar-refractivity contribution in [2.24, 2.45) is 4.99 Å². The summed E-state index contributed by atoms with van der Waals surface area (Å²) in [5.74, 6) is 0.864. The van der Waals surface area contributed by atoms with Crippen LogP contribution in [0.4, 0.5) is 22.0 Å². The van der Waals surface area contributed by atoms with Gasteiger partial charge in [0.2, 0.25) is 0 Å². The SMILES string of the molecule is C[C@@H]1CN(c2nccc3c2N=CCN3)C[C@H](C)N1C(=O)OC(C)(C)C. The van der Waals surface area contributed by atoms with Crippen molar-refractivity contribution < 1.29 is 9.53 Å². The highest BCUT2D eigenvalue weighted by molar-refractivity contribution is 5.86. The van der Waals surface area contributed by atoms with Crippen molar-refractivity contribution in [3.8, 4) is 0 Å². The summed E-state index contributed by atoms with van der Waals surface area (Å²) in [5, 5.41) is 3.32. The number of hydrogen-bond acceptors (Lipinski definition) is 6. The largest absolute Gasteiger partial charge is 0.444 e. The van der Waals surface area contributed by atoms with E-state index in [-0.39, 0.29) is 18.2 Å². The third kappa shape index (κ3) is 3.70. The monoisotopic (exact) mass is 345 g/mol. The topological polar surface area (TPSA) is 70.1 Å². The summed E-state index contributed by atoms with van der Waals surface area (Å²) in [7, 11) is 0. The van der Waals surface area contributed by atoms with Crippen LogP contribution in [0.5, 0.6) is 0 Å². The maximum absolute atomic E-state index is 12.5. The molecule has 2 aliphatic rings. The lowest BCUT2D eigenvalue weighted by atomic mass is 10.1. The van der Waals surface area contributed by atoms with Gasteiger partial charge >= 0.3 is 6.09 Å². The van der Waals surface area contributed by atoms with E-state index in [0.717, 1.165) is 23.7 Å². The smallest absolute Gasteiger partial charge is 0.410 e. The van der Waals surface area contributed by atoms with Crippen LogP contribution in [0.15, 0.2) is 17.3 Å². The van der Waals surface area contributed by atoms with Crippen molar-refractivity contribution >= 4 is 29.5 Å². The van der Waals surface area contributed by atoms with Gasteiger partial charge < -0.3 is 15.0 Å². The Morgan fingerprint density at radius 3 is 2.60 bits per heavy atom. The van der Waals surface area contributed by atoms with Gasteiger partial charge in [0.1, 0.15) is 11.3 Å². The first kappa shape index (κ1) is 17.5. The molecule has 25 heavy (non-hydrogen) atoms. The van der Waals surface area contributed by atoms with Crippen LogP contribution in [-0.2, 0) is 4.74 Å². The molecule has 1 amide bonds. The first-order valence-electron chi connectivity index (χ1n) is 8.78. The van der Waals surface area contributed by atoms with Gasteiger partial charge in [-0.25, -0.2) is 9.78 Å². The molecule has 3 rings (SSSR count). The molecule has 3 heterocycles. The van der Waals surface area contributed by atoms with E-state index < -0.39 is 5.60 Å². The molecule has 0 bridgehead atoms. The number of aromatic nitrogens is 1.